The Morgan fingerprint density at radius 3 is 2.40 bits per heavy atom. The van der Waals surface area contributed by atoms with Gasteiger partial charge in [-0.3, -0.25) is 4.79 Å². The minimum Gasteiger partial charge on any atom is -0.481 e. The molecule has 0 aromatic heterocycles. The number of carbonyl (C=O) groups is 1. The van der Waals surface area contributed by atoms with Crippen LogP contribution < -0.4 is 0 Å². The van der Waals surface area contributed by atoms with Crippen LogP contribution in [0.25, 0.3) is 0 Å². The van der Waals surface area contributed by atoms with E-state index in [0.717, 1.165) is 12.1 Å². The molecule has 0 radical (unpaired) electrons. The molecular weight excluding hydrogens is 226 g/mol. The Balaban J connectivity index is 2.81. The van der Waals surface area contributed by atoms with Gasteiger partial charge in [0.25, 0.3) is 0 Å². The van der Waals surface area contributed by atoms with E-state index in [0.29, 0.717) is 0 Å². The first-order valence-corrected chi connectivity index (χ1v) is 4.75. The fourth-order valence-corrected chi connectivity index (χ4v) is 1.52. The van der Waals surface area contributed by atoms with Crippen LogP contribution in [0, 0.1) is 11.6 Å². The number of alkyl halides is 1. The zero-order chi connectivity index (χ0) is 11.4. The molecule has 0 aliphatic rings. The van der Waals surface area contributed by atoms with E-state index in [1.807, 2.05) is 0 Å². The minimum atomic E-state index is -1.04. The first kappa shape index (κ1) is 11.9. The van der Waals surface area contributed by atoms with Crippen molar-refractivity contribution in [2.24, 2.45) is 0 Å². The largest absolute Gasteiger partial charge is 0.481 e. The highest BCUT2D eigenvalue weighted by Gasteiger charge is 2.18. The van der Waals surface area contributed by atoms with Gasteiger partial charge >= 0.3 is 5.97 Å². The molecule has 2 nitrogen and oxygen atoms in total. The van der Waals surface area contributed by atoms with Gasteiger partial charge in [0.1, 0.15) is 11.6 Å². The summed E-state index contributed by atoms with van der Waals surface area (Å²) in [6.07, 6.45) is -0.226. The van der Waals surface area contributed by atoms with E-state index in [1.54, 1.807) is 0 Å². The zero-order valence-electron chi connectivity index (χ0n) is 7.71. The second-order valence-corrected chi connectivity index (χ2v) is 3.56. The Hall–Kier alpha value is -1.16. The van der Waals surface area contributed by atoms with Gasteiger partial charge in [0, 0.05) is 12.0 Å². The highest BCUT2D eigenvalue weighted by Crippen LogP contribution is 2.29. The summed E-state index contributed by atoms with van der Waals surface area (Å²) < 4.78 is 26.3. The lowest BCUT2D eigenvalue weighted by Gasteiger charge is -2.10. The van der Waals surface area contributed by atoms with Crippen LogP contribution >= 0.6 is 11.6 Å². The van der Waals surface area contributed by atoms with E-state index in [4.69, 9.17) is 16.7 Å². The molecule has 0 saturated heterocycles. The standard InChI is InChI=1S/C10H9ClF2O2/c11-6(4-5-9(14)15)10-7(12)2-1-3-8(10)13/h1-3,6H,4-5H2,(H,14,15). The third-order valence-electron chi connectivity index (χ3n) is 1.92. The average molecular weight is 235 g/mol. The van der Waals surface area contributed by atoms with Crippen molar-refractivity contribution >= 4 is 17.6 Å². The summed E-state index contributed by atoms with van der Waals surface area (Å²) in [6.45, 7) is 0. The molecule has 1 aromatic rings. The maximum absolute atomic E-state index is 13.2. The molecule has 0 amide bonds. The molecular formula is C10H9ClF2O2. The van der Waals surface area contributed by atoms with Crippen molar-refractivity contribution in [1.29, 1.82) is 0 Å². The Kier molecular flexibility index (Phi) is 4.03. The van der Waals surface area contributed by atoms with Gasteiger partial charge in [-0.15, -0.1) is 11.6 Å². The van der Waals surface area contributed by atoms with Gasteiger partial charge in [-0.1, -0.05) is 6.07 Å². The molecule has 15 heavy (non-hydrogen) atoms. The fourth-order valence-electron chi connectivity index (χ4n) is 1.20. The number of rotatable bonds is 4. The number of hydrogen-bond acceptors (Lipinski definition) is 1. The Morgan fingerprint density at radius 1 is 1.40 bits per heavy atom. The maximum Gasteiger partial charge on any atom is 0.303 e. The van der Waals surface area contributed by atoms with Gasteiger partial charge < -0.3 is 5.11 Å². The summed E-state index contributed by atoms with van der Waals surface area (Å²) in [4.78, 5) is 10.3. The molecule has 0 heterocycles. The fraction of sp³-hybridized carbons (Fsp3) is 0.300. The third kappa shape index (κ3) is 3.16. The van der Waals surface area contributed by atoms with E-state index in [-0.39, 0.29) is 18.4 Å². The molecule has 1 N–H and O–H groups in total. The van der Waals surface area contributed by atoms with Crippen LogP contribution in [0.2, 0.25) is 0 Å². The van der Waals surface area contributed by atoms with E-state index in [2.05, 4.69) is 0 Å². The van der Waals surface area contributed by atoms with Crippen molar-refractivity contribution in [2.45, 2.75) is 18.2 Å². The molecule has 5 heteroatoms. The van der Waals surface area contributed by atoms with E-state index in [1.165, 1.54) is 6.07 Å². The zero-order valence-corrected chi connectivity index (χ0v) is 8.47. The first-order chi connectivity index (χ1) is 7.02. The first-order valence-electron chi connectivity index (χ1n) is 4.32. The Labute approximate surface area is 90.5 Å². The van der Waals surface area contributed by atoms with E-state index in [9.17, 15) is 13.6 Å². The van der Waals surface area contributed by atoms with Gasteiger partial charge in [-0.2, -0.15) is 0 Å². The number of aliphatic carboxylic acids is 1. The molecule has 0 spiro atoms. The molecule has 0 aliphatic carbocycles. The summed E-state index contributed by atoms with van der Waals surface area (Å²) >= 11 is 5.72. The lowest BCUT2D eigenvalue weighted by atomic mass is 10.1. The summed E-state index contributed by atoms with van der Waals surface area (Å²) in [6, 6.07) is 3.41. The van der Waals surface area contributed by atoms with Gasteiger partial charge in [-0.25, -0.2) is 8.78 Å². The molecule has 0 bridgehead atoms. The summed E-state index contributed by atoms with van der Waals surface area (Å²) in [5.74, 6) is -2.54. The van der Waals surface area contributed by atoms with Crippen LogP contribution in [0.4, 0.5) is 8.78 Å². The molecule has 1 atom stereocenters. The smallest absolute Gasteiger partial charge is 0.303 e. The van der Waals surface area contributed by atoms with Crippen LogP contribution in [0.1, 0.15) is 23.8 Å². The number of benzene rings is 1. The van der Waals surface area contributed by atoms with Crippen molar-refractivity contribution in [3.8, 4) is 0 Å². The number of hydrogen-bond donors (Lipinski definition) is 1. The van der Waals surface area contributed by atoms with E-state index >= 15 is 0 Å². The maximum atomic E-state index is 13.2. The lowest BCUT2D eigenvalue weighted by molar-refractivity contribution is -0.137. The van der Waals surface area contributed by atoms with Crippen LogP contribution in [-0.2, 0) is 4.79 Å². The summed E-state index contributed by atoms with van der Waals surface area (Å²) in [5.41, 5.74) is -0.264. The van der Waals surface area contributed by atoms with Gasteiger partial charge in [-0.05, 0) is 18.6 Å². The summed E-state index contributed by atoms with van der Waals surface area (Å²) in [5, 5.41) is 7.45. The third-order valence-corrected chi connectivity index (χ3v) is 2.36. The monoisotopic (exact) mass is 234 g/mol. The lowest BCUT2D eigenvalue weighted by Crippen LogP contribution is -2.02. The molecule has 1 aromatic carbocycles. The molecule has 1 unspecified atom stereocenters. The van der Waals surface area contributed by atoms with Crippen molar-refractivity contribution in [3.63, 3.8) is 0 Å². The number of halogens is 3. The highest BCUT2D eigenvalue weighted by atomic mass is 35.5. The number of carboxylic acids is 1. The molecule has 1 rings (SSSR count). The predicted octanol–water partition coefficient (Wildman–Crippen LogP) is 3.11. The predicted molar refractivity (Wildman–Crippen MR) is 51.8 cm³/mol. The second-order valence-electron chi connectivity index (χ2n) is 3.04. The van der Waals surface area contributed by atoms with Crippen LogP contribution in [0.5, 0.6) is 0 Å². The van der Waals surface area contributed by atoms with Gasteiger partial charge in [0.05, 0.1) is 5.38 Å². The van der Waals surface area contributed by atoms with Gasteiger partial charge in [0.15, 0.2) is 0 Å². The molecule has 0 saturated carbocycles. The topological polar surface area (TPSA) is 37.3 Å². The molecule has 82 valence electrons. The Bertz CT molecular complexity index is 348. The van der Waals surface area contributed by atoms with Crippen LogP contribution in [0.3, 0.4) is 0 Å². The van der Waals surface area contributed by atoms with Crippen molar-refractivity contribution in [2.75, 3.05) is 0 Å². The summed E-state index contributed by atoms with van der Waals surface area (Å²) in [7, 11) is 0. The second kappa shape index (κ2) is 5.07. The quantitative estimate of drug-likeness (QED) is 0.813. The van der Waals surface area contributed by atoms with Crippen LogP contribution in [0.15, 0.2) is 18.2 Å². The normalized spacial score (nSPS) is 12.5. The van der Waals surface area contributed by atoms with E-state index < -0.39 is 23.0 Å². The SMILES string of the molecule is O=C(O)CCC(Cl)c1c(F)cccc1F. The van der Waals surface area contributed by atoms with Crippen molar-refractivity contribution < 1.29 is 18.7 Å². The van der Waals surface area contributed by atoms with Crippen LogP contribution in [-0.4, -0.2) is 11.1 Å². The van der Waals surface area contributed by atoms with Crippen molar-refractivity contribution in [1.82, 2.24) is 0 Å². The number of carboxylic acid groups (broad SMARTS) is 1. The average Bonchev–Trinajstić information content (AvgIpc) is 2.14. The highest BCUT2D eigenvalue weighted by molar-refractivity contribution is 6.20. The molecule has 0 aliphatic heterocycles. The Morgan fingerprint density at radius 2 is 1.93 bits per heavy atom. The minimum absolute atomic E-state index is 0.00522. The van der Waals surface area contributed by atoms with Gasteiger partial charge in [0.2, 0.25) is 0 Å². The molecule has 0 fully saturated rings. The van der Waals surface area contributed by atoms with Crippen molar-refractivity contribution in [3.05, 3.63) is 35.4 Å².